The Hall–Kier alpha value is -2.04. The smallest absolute Gasteiger partial charge is 0.293 e. The van der Waals surface area contributed by atoms with Crippen molar-refractivity contribution in [1.82, 2.24) is 4.98 Å². The first kappa shape index (κ1) is 10.5. The van der Waals surface area contributed by atoms with Crippen molar-refractivity contribution in [3.8, 4) is 0 Å². The minimum Gasteiger partial charge on any atom is -0.463 e. The summed E-state index contributed by atoms with van der Waals surface area (Å²) in [6.07, 6.45) is 1.34. The summed E-state index contributed by atoms with van der Waals surface area (Å²) in [5.41, 5.74) is 0.584. The summed E-state index contributed by atoms with van der Waals surface area (Å²) in [6, 6.07) is 4.04. The van der Waals surface area contributed by atoms with E-state index in [2.05, 4.69) is 9.72 Å². The Bertz CT molecular complexity index is 543. The van der Waals surface area contributed by atoms with Crippen LogP contribution in [0.4, 0.5) is 8.78 Å². The number of fused-ring (bicyclic) bond motifs is 1. The van der Waals surface area contributed by atoms with Gasteiger partial charge < -0.3 is 4.74 Å². The van der Waals surface area contributed by atoms with Crippen LogP contribution in [-0.2, 0) is 16.1 Å². The zero-order chi connectivity index (χ0) is 11.5. The fourth-order valence-electron chi connectivity index (χ4n) is 1.40. The second kappa shape index (κ2) is 4.22. The second-order valence-corrected chi connectivity index (χ2v) is 3.18. The molecular formula is C11H7F2NO2. The Morgan fingerprint density at radius 1 is 1.38 bits per heavy atom. The van der Waals surface area contributed by atoms with E-state index in [-0.39, 0.29) is 12.1 Å². The van der Waals surface area contributed by atoms with Gasteiger partial charge in [-0.15, -0.1) is 0 Å². The highest BCUT2D eigenvalue weighted by atomic mass is 19.2. The zero-order valence-electron chi connectivity index (χ0n) is 8.11. The predicted molar refractivity (Wildman–Crippen MR) is 52.5 cm³/mol. The number of carbonyl (C=O) groups is 1. The lowest BCUT2D eigenvalue weighted by molar-refractivity contribution is -0.129. The molecule has 82 valence electrons. The molecule has 3 nitrogen and oxygen atoms in total. The molecule has 0 N–H and O–H groups in total. The zero-order valence-corrected chi connectivity index (χ0v) is 8.11. The van der Waals surface area contributed by atoms with Crippen LogP contribution in [0, 0.1) is 11.6 Å². The summed E-state index contributed by atoms with van der Waals surface area (Å²) in [5.74, 6) is -1.91. The maximum Gasteiger partial charge on any atom is 0.293 e. The van der Waals surface area contributed by atoms with Crippen molar-refractivity contribution in [1.29, 1.82) is 0 Å². The van der Waals surface area contributed by atoms with Crippen LogP contribution in [0.1, 0.15) is 5.56 Å². The summed E-state index contributed by atoms with van der Waals surface area (Å²) >= 11 is 0. The number of hydrogen-bond acceptors (Lipinski definition) is 3. The lowest BCUT2D eigenvalue weighted by atomic mass is 10.1. The Kier molecular flexibility index (Phi) is 2.76. The number of hydrogen-bond donors (Lipinski definition) is 0. The van der Waals surface area contributed by atoms with Gasteiger partial charge in [-0.1, -0.05) is 0 Å². The minimum atomic E-state index is -0.972. The van der Waals surface area contributed by atoms with Crippen molar-refractivity contribution in [3.05, 3.63) is 41.6 Å². The van der Waals surface area contributed by atoms with Gasteiger partial charge in [0, 0.05) is 17.1 Å². The highest BCUT2D eigenvalue weighted by molar-refractivity contribution is 5.79. The Morgan fingerprint density at radius 2 is 2.19 bits per heavy atom. The summed E-state index contributed by atoms with van der Waals surface area (Å²) in [4.78, 5) is 13.8. The summed E-state index contributed by atoms with van der Waals surface area (Å²) in [5, 5.41) is 0.464. The Morgan fingerprint density at radius 3 is 2.94 bits per heavy atom. The van der Waals surface area contributed by atoms with Crippen LogP contribution in [0.25, 0.3) is 10.9 Å². The normalized spacial score (nSPS) is 10.4. The predicted octanol–water partition coefficient (Wildman–Crippen LogP) is 2.19. The number of ether oxygens (including phenoxy) is 1. The van der Waals surface area contributed by atoms with E-state index in [9.17, 15) is 13.6 Å². The molecule has 1 aromatic heterocycles. The molecule has 0 aliphatic heterocycles. The van der Waals surface area contributed by atoms with E-state index in [1.807, 2.05) is 0 Å². The fraction of sp³-hybridized carbons (Fsp3) is 0.0909. The molecule has 5 heteroatoms. The number of benzene rings is 1. The SMILES string of the molecule is O=COCc1cnc2c(F)c(F)ccc2c1. The summed E-state index contributed by atoms with van der Waals surface area (Å²) < 4.78 is 30.7. The second-order valence-electron chi connectivity index (χ2n) is 3.18. The van der Waals surface area contributed by atoms with Crippen molar-refractivity contribution in [2.45, 2.75) is 6.61 Å². The molecule has 0 saturated heterocycles. The quantitative estimate of drug-likeness (QED) is 0.748. The van der Waals surface area contributed by atoms with Crippen molar-refractivity contribution in [2.24, 2.45) is 0 Å². The molecule has 0 unspecified atom stereocenters. The van der Waals surface area contributed by atoms with E-state index < -0.39 is 11.6 Å². The summed E-state index contributed by atoms with van der Waals surface area (Å²) in [7, 11) is 0. The first-order chi connectivity index (χ1) is 7.72. The average Bonchev–Trinajstić information content (AvgIpc) is 2.31. The number of halogens is 2. The molecule has 0 aliphatic rings. The third-order valence-corrected chi connectivity index (χ3v) is 2.12. The topological polar surface area (TPSA) is 39.2 Å². The van der Waals surface area contributed by atoms with Crippen LogP contribution >= 0.6 is 0 Å². The highest BCUT2D eigenvalue weighted by Gasteiger charge is 2.08. The maximum absolute atomic E-state index is 13.3. The molecule has 0 aliphatic carbocycles. The third-order valence-electron chi connectivity index (χ3n) is 2.12. The molecule has 1 heterocycles. The van der Waals surface area contributed by atoms with Gasteiger partial charge in [0.2, 0.25) is 0 Å². The molecular weight excluding hydrogens is 216 g/mol. The van der Waals surface area contributed by atoms with Crippen LogP contribution in [0.15, 0.2) is 24.4 Å². The standard InChI is InChI=1S/C11H7F2NO2/c12-9-2-1-8-3-7(5-16-6-15)4-14-11(8)10(9)13/h1-4,6H,5H2. The van der Waals surface area contributed by atoms with Crippen LogP contribution in [0.2, 0.25) is 0 Å². The molecule has 0 spiro atoms. The third kappa shape index (κ3) is 1.84. The molecule has 2 aromatic rings. The molecule has 0 saturated carbocycles. The molecule has 0 bridgehead atoms. The van der Waals surface area contributed by atoms with Gasteiger partial charge in [-0.2, -0.15) is 0 Å². The minimum absolute atomic E-state index is 0.0325. The van der Waals surface area contributed by atoms with Crippen LogP contribution in [0.3, 0.4) is 0 Å². The fourth-order valence-corrected chi connectivity index (χ4v) is 1.40. The highest BCUT2D eigenvalue weighted by Crippen LogP contribution is 2.19. The molecule has 0 amide bonds. The molecule has 1 aromatic carbocycles. The van der Waals surface area contributed by atoms with Crippen LogP contribution in [-0.4, -0.2) is 11.5 Å². The van der Waals surface area contributed by atoms with Crippen LogP contribution < -0.4 is 0 Å². The number of rotatable bonds is 3. The monoisotopic (exact) mass is 223 g/mol. The van der Waals surface area contributed by atoms with E-state index in [1.54, 1.807) is 6.07 Å². The lowest BCUT2D eigenvalue weighted by Gasteiger charge is -2.03. The molecule has 16 heavy (non-hydrogen) atoms. The van der Waals surface area contributed by atoms with Gasteiger partial charge in [0.05, 0.1) is 0 Å². The van der Waals surface area contributed by atoms with Crippen molar-refractivity contribution in [3.63, 3.8) is 0 Å². The van der Waals surface area contributed by atoms with Gasteiger partial charge in [-0.05, 0) is 18.2 Å². The number of aromatic nitrogens is 1. The van der Waals surface area contributed by atoms with Gasteiger partial charge in [0.15, 0.2) is 11.6 Å². The van der Waals surface area contributed by atoms with E-state index in [0.29, 0.717) is 17.4 Å². The van der Waals surface area contributed by atoms with Crippen molar-refractivity contribution < 1.29 is 18.3 Å². The molecule has 0 fully saturated rings. The number of nitrogens with zero attached hydrogens (tertiary/aromatic N) is 1. The number of carbonyl (C=O) groups excluding carboxylic acids is 1. The average molecular weight is 223 g/mol. The molecule has 0 radical (unpaired) electrons. The lowest BCUT2D eigenvalue weighted by Crippen LogP contribution is -1.94. The van der Waals surface area contributed by atoms with Gasteiger partial charge in [-0.25, -0.2) is 8.78 Å². The van der Waals surface area contributed by atoms with E-state index in [4.69, 9.17) is 0 Å². The maximum atomic E-state index is 13.3. The van der Waals surface area contributed by atoms with E-state index >= 15 is 0 Å². The first-order valence-electron chi connectivity index (χ1n) is 4.50. The van der Waals surface area contributed by atoms with Gasteiger partial charge >= 0.3 is 0 Å². The van der Waals surface area contributed by atoms with Crippen LogP contribution in [0.5, 0.6) is 0 Å². The first-order valence-corrected chi connectivity index (χ1v) is 4.50. The Labute approximate surface area is 89.7 Å². The summed E-state index contributed by atoms with van der Waals surface area (Å²) in [6.45, 7) is 0.376. The largest absolute Gasteiger partial charge is 0.463 e. The Balaban J connectivity index is 2.47. The van der Waals surface area contributed by atoms with E-state index in [0.717, 1.165) is 6.07 Å². The van der Waals surface area contributed by atoms with Crippen molar-refractivity contribution >= 4 is 17.4 Å². The number of pyridine rings is 1. The molecule has 2 rings (SSSR count). The van der Waals surface area contributed by atoms with Gasteiger partial charge in [-0.3, -0.25) is 9.78 Å². The van der Waals surface area contributed by atoms with Gasteiger partial charge in [0.25, 0.3) is 6.47 Å². The van der Waals surface area contributed by atoms with E-state index in [1.165, 1.54) is 12.3 Å². The van der Waals surface area contributed by atoms with Gasteiger partial charge in [0.1, 0.15) is 12.1 Å². The van der Waals surface area contributed by atoms with Crippen molar-refractivity contribution in [2.75, 3.05) is 0 Å². The molecule has 0 atom stereocenters.